The molecule has 0 radical (unpaired) electrons. The van der Waals surface area contributed by atoms with Crippen LogP contribution >= 0.6 is 0 Å². The molecule has 2 aromatic rings. The number of nitrogens with zero attached hydrogens (tertiary/aromatic N) is 2. The van der Waals surface area contributed by atoms with Crippen LogP contribution in [-0.2, 0) is 34.0 Å². The molecule has 35 heavy (non-hydrogen) atoms. The highest BCUT2D eigenvalue weighted by molar-refractivity contribution is 6.05. The first-order valence-electron chi connectivity index (χ1n) is 12.3. The number of hydrogen-bond acceptors (Lipinski definition) is 6. The number of likely N-dealkylation sites (tertiary alicyclic amines) is 1. The van der Waals surface area contributed by atoms with Gasteiger partial charge in [-0.05, 0) is 42.0 Å². The molecule has 4 heterocycles. The van der Waals surface area contributed by atoms with E-state index in [1.807, 2.05) is 6.07 Å². The van der Waals surface area contributed by atoms with Crippen LogP contribution in [0.3, 0.4) is 0 Å². The van der Waals surface area contributed by atoms with Gasteiger partial charge in [0, 0.05) is 37.2 Å². The summed E-state index contributed by atoms with van der Waals surface area (Å²) in [6.45, 7) is 4.64. The lowest BCUT2D eigenvalue weighted by molar-refractivity contribution is -0.136. The predicted molar refractivity (Wildman–Crippen MR) is 126 cm³/mol. The summed E-state index contributed by atoms with van der Waals surface area (Å²) < 4.78 is 11.9. The molecule has 0 saturated carbocycles. The Bertz CT molecular complexity index is 1150. The Hall–Kier alpha value is -3.23. The Kier molecular flexibility index (Phi) is 5.78. The molecular formula is C27H29N3O5. The lowest BCUT2D eigenvalue weighted by Gasteiger charge is -2.30. The Morgan fingerprint density at radius 1 is 1.03 bits per heavy atom. The summed E-state index contributed by atoms with van der Waals surface area (Å²) in [5.74, 6) is 0.434. The first-order chi connectivity index (χ1) is 17.0. The summed E-state index contributed by atoms with van der Waals surface area (Å²) in [7, 11) is 0. The zero-order valence-corrected chi connectivity index (χ0v) is 19.6. The van der Waals surface area contributed by atoms with Gasteiger partial charge in [0.25, 0.3) is 5.91 Å². The summed E-state index contributed by atoms with van der Waals surface area (Å²) in [5.41, 5.74) is 3.68. The van der Waals surface area contributed by atoms with Crippen LogP contribution in [0.4, 0.5) is 0 Å². The number of benzene rings is 2. The fourth-order valence-corrected chi connectivity index (χ4v) is 5.74. The molecule has 0 spiro atoms. The van der Waals surface area contributed by atoms with E-state index in [0.717, 1.165) is 37.4 Å². The Morgan fingerprint density at radius 2 is 1.86 bits per heavy atom. The molecule has 2 aromatic carbocycles. The van der Waals surface area contributed by atoms with E-state index in [2.05, 4.69) is 34.5 Å². The van der Waals surface area contributed by atoms with E-state index in [9.17, 15) is 14.4 Å². The van der Waals surface area contributed by atoms with E-state index in [0.29, 0.717) is 42.9 Å². The molecule has 4 aliphatic heterocycles. The van der Waals surface area contributed by atoms with E-state index in [1.165, 1.54) is 12.0 Å². The van der Waals surface area contributed by atoms with Crippen LogP contribution in [0, 0.1) is 5.92 Å². The standard InChI is InChI=1S/C27H29N3O5/c31-25-9-8-23(26(32)28-25)30-14-22-21(27(30)33)2-1-3-24(22)35-15-18-6-4-17(5-7-18)11-29-12-19-10-20(13-29)34-16-19/h1-7,19-20,23H,8-16H2,(H,28,31,32). The highest BCUT2D eigenvalue weighted by atomic mass is 16.5. The van der Waals surface area contributed by atoms with Gasteiger partial charge in [-0.1, -0.05) is 30.3 Å². The predicted octanol–water partition coefficient (Wildman–Crippen LogP) is 2.25. The van der Waals surface area contributed by atoms with Crippen LogP contribution in [0.5, 0.6) is 5.75 Å². The minimum Gasteiger partial charge on any atom is -0.489 e. The Labute approximate surface area is 204 Å². The van der Waals surface area contributed by atoms with E-state index in [1.54, 1.807) is 17.0 Å². The van der Waals surface area contributed by atoms with Gasteiger partial charge in [-0.2, -0.15) is 0 Å². The molecule has 3 fully saturated rings. The van der Waals surface area contributed by atoms with Crippen LogP contribution in [0.25, 0.3) is 0 Å². The first-order valence-corrected chi connectivity index (χ1v) is 12.3. The van der Waals surface area contributed by atoms with Crippen molar-refractivity contribution in [2.45, 2.75) is 51.1 Å². The summed E-state index contributed by atoms with van der Waals surface area (Å²) in [6, 6.07) is 13.3. The second-order valence-electron chi connectivity index (χ2n) is 10.0. The maximum Gasteiger partial charge on any atom is 0.255 e. The number of fused-ring (bicyclic) bond motifs is 3. The van der Waals surface area contributed by atoms with Crippen LogP contribution in [-0.4, -0.2) is 59.4 Å². The van der Waals surface area contributed by atoms with Crippen LogP contribution in [0.1, 0.15) is 46.3 Å². The molecular weight excluding hydrogens is 446 g/mol. The second kappa shape index (κ2) is 9.09. The quantitative estimate of drug-likeness (QED) is 0.645. The number of carbonyl (C=O) groups is 3. The number of piperidine rings is 2. The van der Waals surface area contributed by atoms with Gasteiger partial charge in [0.1, 0.15) is 18.4 Å². The summed E-state index contributed by atoms with van der Waals surface area (Å²) in [5, 5.41) is 2.34. The molecule has 0 aliphatic carbocycles. The monoisotopic (exact) mass is 475 g/mol. The molecule has 3 saturated heterocycles. The molecule has 3 atom stereocenters. The average molecular weight is 476 g/mol. The molecule has 4 aliphatic rings. The molecule has 182 valence electrons. The number of amides is 3. The topological polar surface area (TPSA) is 88.2 Å². The third-order valence-electron chi connectivity index (χ3n) is 7.50. The van der Waals surface area contributed by atoms with Crippen molar-refractivity contribution in [3.05, 3.63) is 64.7 Å². The maximum absolute atomic E-state index is 13.0. The fourth-order valence-electron chi connectivity index (χ4n) is 5.74. The normalized spacial score (nSPS) is 26.1. The van der Waals surface area contributed by atoms with Gasteiger partial charge >= 0.3 is 0 Å². The molecule has 2 bridgehead atoms. The van der Waals surface area contributed by atoms with E-state index >= 15 is 0 Å². The molecule has 3 amide bonds. The Balaban J connectivity index is 1.09. The first kappa shape index (κ1) is 22.2. The van der Waals surface area contributed by atoms with Crippen molar-refractivity contribution >= 4 is 17.7 Å². The smallest absolute Gasteiger partial charge is 0.255 e. The van der Waals surface area contributed by atoms with Crippen molar-refractivity contribution in [1.29, 1.82) is 0 Å². The molecule has 1 N–H and O–H groups in total. The average Bonchev–Trinajstić information content (AvgIpc) is 3.37. The summed E-state index contributed by atoms with van der Waals surface area (Å²) in [6.07, 6.45) is 2.18. The molecule has 0 aromatic heterocycles. The van der Waals surface area contributed by atoms with Gasteiger partial charge in [-0.15, -0.1) is 0 Å². The molecule has 8 heteroatoms. The SMILES string of the molecule is O=C1CCC(N2Cc3c(OCc4ccc(CN5CC6COC(C6)C5)cc4)cccc3C2=O)C(=O)N1. The fraction of sp³-hybridized carbons (Fsp3) is 0.444. The lowest BCUT2D eigenvalue weighted by atomic mass is 9.99. The molecule has 6 rings (SSSR count). The highest BCUT2D eigenvalue weighted by Crippen LogP contribution is 2.34. The van der Waals surface area contributed by atoms with Crippen molar-refractivity contribution in [3.8, 4) is 5.75 Å². The minimum atomic E-state index is -0.630. The number of carbonyl (C=O) groups excluding carboxylic acids is 3. The largest absolute Gasteiger partial charge is 0.489 e. The maximum atomic E-state index is 13.0. The van der Waals surface area contributed by atoms with Crippen LogP contribution < -0.4 is 10.1 Å². The third-order valence-corrected chi connectivity index (χ3v) is 7.50. The number of hydrogen-bond donors (Lipinski definition) is 1. The van der Waals surface area contributed by atoms with Crippen molar-refractivity contribution in [2.75, 3.05) is 19.7 Å². The van der Waals surface area contributed by atoms with Gasteiger partial charge in [-0.3, -0.25) is 24.6 Å². The van der Waals surface area contributed by atoms with Crippen molar-refractivity contribution in [1.82, 2.24) is 15.1 Å². The summed E-state index contributed by atoms with van der Waals surface area (Å²) >= 11 is 0. The van der Waals surface area contributed by atoms with Gasteiger partial charge < -0.3 is 14.4 Å². The van der Waals surface area contributed by atoms with Crippen molar-refractivity contribution < 1.29 is 23.9 Å². The number of rotatable bonds is 6. The number of ether oxygens (including phenoxy) is 2. The van der Waals surface area contributed by atoms with Gasteiger partial charge in [0.05, 0.1) is 19.3 Å². The van der Waals surface area contributed by atoms with E-state index in [4.69, 9.17) is 9.47 Å². The lowest BCUT2D eigenvalue weighted by Crippen LogP contribution is -2.52. The Morgan fingerprint density at radius 3 is 2.66 bits per heavy atom. The van der Waals surface area contributed by atoms with Gasteiger partial charge in [0.2, 0.25) is 11.8 Å². The number of nitrogens with one attached hydrogen (secondary N) is 1. The van der Waals surface area contributed by atoms with Crippen molar-refractivity contribution in [2.24, 2.45) is 5.92 Å². The van der Waals surface area contributed by atoms with E-state index in [-0.39, 0.29) is 18.2 Å². The molecule has 8 nitrogen and oxygen atoms in total. The minimum absolute atomic E-state index is 0.194. The second-order valence-corrected chi connectivity index (χ2v) is 10.0. The zero-order valence-electron chi connectivity index (χ0n) is 19.6. The molecule has 3 unspecified atom stereocenters. The summed E-state index contributed by atoms with van der Waals surface area (Å²) in [4.78, 5) is 40.8. The van der Waals surface area contributed by atoms with E-state index < -0.39 is 11.9 Å². The van der Waals surface area contributed by atoms with Crippen LogP contribution in [0.15, 0.2) is 42.5 Å². The van der Waals surface area contributed by atoms with Gasteiger partial charge in [0.15, 0.2) is 0 Å². The highest BCUT2D eigenvalue weighted by Gasteiger charge is 2.40. The zero-order chi connectivity index (χ0) is 23.9. The van der Waals surface area contributed by atoms with Gasteiger partial charge in [-0.25, -0.2) is 0 Å². The van der Waals surface area contributed by atoms with Crippen LogP contribution in [0.2, 0.25) is 0 Å². The van der Waals surface area contributed by atoms with Crippen molar-refractivity contribution in [3.63, 3.8) is 0 Å². The third kappa shape index (κ3) is 4.44. The number of imide groups is 1.